The fourth-order valence-electron chi connectivity index (χ4n) is 2.58. The Morgan fingerprint density at radius 2 is 1.80 bits per heavy atom. The van der Waals surface area contributed by atoms with Gasteiger partial charge in [-0.2, -0.15) is 5.10 Å². The van der Waals surface area contributed by atoms with E-state index in [1.165, 1.54) is 6.21 Å². The molecule has 152 valence electrons. The topological polar surface area (TPSA) is 79.8 Å². The predicted molar refractivity (Wildman–Crippen MR) is 121 cm³/mol. The van der Waals surface area contributed by atoms with Crippen molar-refractivity contribution in [2.45, 2.75) is 6.92 Å². The summed E-state index contributed by atoms with van der Waals surface area (Å²) in [5, 5.41) is 6.75. The molecular weight excluding hydrogens is 446 g/mol. The number of ether oxygens (including phenoxy) is 1. The summed E-state index contributed by atoms with van der Waals surface area (Å²) in [7, 11) is 0. The van der Waals surface area contributed by atoms with Crippen molar-refractivity contribution in [1.29, 1.82) is 0 Å². The largest absolute Gasteiger partial charge is 0.484 e. The molecule has 0 aliphatic rings. The summed E-state index contributed by atoms with van der Waals surface area (Å²) in [6.07, 6.45) is 1.53. The molecule has 0 bridgehead atoms. The van der Waals surface area contributed by atoms with Crippen molar-refractivity contribution < 1.29 is 14.3 Å². The summed E-state index contributed by atoms with van der Waals surface area (Å²) < 4.78 is 6.33. The lowest BCUT2D eigenvalue weighted by Crippen LogP contribution is -2.20. The van der Waals surface area contributed by atoms with Crippen molar-refractivity contribution in [3.05, 3.63) is 94.0 Å². The summed E-state index contributed by atoms with van der Waals surface area (Å²) in [4.78, 5) is 24.0. The first kappa shape index (κ1) is 21.3. The van der Waals surface area contributed by atoms with E-state index in [-0.39, 0.29) is 18.4 Å². The second-order valence-corrected chi connectivity index (χ2v) is 7.40. The van der Waals surface area contributed by atoms with Gasteiger partial charge in [-0.15, -0.1) is 0 Å². The zero-order valence-electron chi connectivity index (χ0n) is 16.3. The van der Waals surface area contributed by atoms with E-state index in [1.807, 2.05) is 37.3 Å². The Kier molecular flexibility index (Phi) is 7.34. The van der Waals surface area contributed by atoms with Crippen LogP contribution in [0.15, 0.2) is 82.4 Å². The smallest absolute Gasteiger partial charge is 0.271 e. The van der Waals surface area contributed by atoms with E-state index in [4.69, 9.17) is 4.74 Å². The molecule has 0 aliphatic heterocycles. The van der Waals surface area contributed by atoms with E-state index in [9.17, 15) is 9.59 Å². The standard InChI is InChI=1S/C23H20BrN3O3/c1-16-4-2-7-20(12-16)26-22(28)15-30-21-10-8-17(9-11-21)14-25-27-23(29)18-5-3-6-19(24)13-18/h2-14H,15H2,1H3,(H,26,28)(H,27,29)/b25-14-. The first-order chi connectivity index (χ1) is 14.5. The molecule has 0 saturated carbocycles. The Morgan fingerprint density at radius 1 is 1.03 bits per heavy atom. The zero-order valence-corrected chi connectivity index (χ0v) is 17.8. The third kappa shape index (κ3) is 6.56. The molecular formula is C23H20BrN3O3. The minimum Gasteiger partial charge on any atom is -0.484 e. The van der Waals surface area contributed by atoms with Gasteiger partial charge in [-0.1, -0.05) is 34.1 Å². The third-order valence-corrected chi connectivity index (χ3v) is 4.51. The van der Waals surface area contributed by atoms with Crippen molar-refractivity contribution in [3.63, 3.8) is 0 Å². The summed E-state index contributed by atoms with van der Waals surface area (Å²) >= 11 is 3.33. The van der Waals surface area contributed by atoms with Gasteiger partial charge < -0.3 is 10.1 Å². The van der Waals surface area contributed by atoms with Gasteiger partial charge in [0.05, 0.1) is 6.21 Å². The van der Waals surface area contributed by atoms with Crippen LogP contribution in [0.1, 0.15) is 21.5 Å². The molecule has 6 nitrogen and oxygen atoms in total. The molecule has 3 aromatic carbocycles. The summed E-state index contributed by atoms with van der Waals surface area (Å²) in [5.41, 5.74) is 5.57. The van der Waals surface area contributed by atoms with Gasteiger partial charge in [-0.05, 0) is 72.6 Å². The van der Waals surface area contributed by atoms with Crippen LogP contribution in [-0.2, 0) is 4.79 Å². The molecule has 0 aromatic heterocycles. The van der Waals surface area contributed by atoms with Gasteiger partial charge in [0.25, 0.3) is 11.8 Å². The lowest BCUT2D eigenvalue weighted by atomic mass is 10.2. The molecule has 3 rings (SSSR count). The highest BCUT2D eigenvalue weighted by Gasteiger charge is 2.05. The summed E-state index contributed by atoms with van der Waals surface area (Å²) in [6, 6.07) is 21.6. The number of amides is 2. The van der Waals surface area contributed by atoms with E-state index in [2.05, 4.69) is 31.8 Å². The Balaban J connectivity index is 1.47. The molecule has 0 heterocycles. The zero-order chi connectivity index (χ0) is 21.3. The molecule has 0 saturated heterocycles. The maximum Gasteiger partial charge on any atom is 0.271 e. The minimum absolute atomic E-state index is 0.0932. The number of nitrogens with zero attached hydrogens (tertiary/aromatic N) is 1. The van der Waals surface area contributed by atoms with Crippen molar-refractivity contribution in [2.24, 2.45) is 5.10 Å². The van der Waals surface area contributed by atoms with Crippen LogP contribution in [0, 0.1) is 6.92 Å². The van der Waals surface area contributed by atoms with Crippen molar-refractivity contribution in [1.82, 2.24) is 5.43 Å². The second kappa shape index (κ2) is 10.4. The van der Waals surface area contributed by atoms with Gasteiger partial charge in [-0.25, -0.2) is 5.43 Å². The van der Waals surface area contributed by atoms with Crippen LogP contribution in [0.3, 0.4) is 0 Å². The number of aryl methyl sites for hydroxylation is 1. The average molecular weight is 466 g/mol. The van der Waals surface area contributed by atoms with Crippen LogP contribution in [-0.4, -0.2) is 24.6 Å². The van der Waals surface area contributed by atoms with E-state index in [1.54, 1.807) is 42.5 Å². The maximum absolute atomic E-state index is 12.0. The Hall–Kier alpha value is -3.45. The normalized spacial score (nSPS) is 10.6. The van der Waals surface area contributed by atoms with Gasteiger partial charge >= 0.3 is 0 Å². The fraction of sp³-hybridized carbons (Fsp3) is 0.0870. The highest BCUT2D eigenvalue weighted by molar-refractivity contribution is 9.10. The second-order valence-electron chi connectivity index (χ2n) is 6.48. The lowest BCUT2D eigenvalue weighted by molar-refractivity contribution is -0.118. The SMILES string of the molecule is Cc1cccc(NC(=O)COc2ccc(/C=N\NC(=O)c3cccc(Br)c3)cc2)c1. The maximum atomic E-state index is 12.0. The van der Waals surface area contributed by atoms with Crippen LogP contribution in [0.5, 0.6) is 5.75 Å². The molecule has 2 amide bonds. The molecule has 3 aromatic rings. The number of anilines is 1. The third-order valence-electron chi connectivity index (χ3n) is 4.02. The Morgan fingerprint density at radius 3 is 2.53 bits per heavy atom. The monoisotopic (exact) mass is 465 g/mol. The number of nitrogens with one attached hydrogen (secondary N) is 2. The van der Waals surface area contributed by atoms with Gasteiger partial charge in [0.15, 0.2) is 6.61 Å². The number of carbonyl (C=O) groups excluding carboxylic acids is 2. The van der Waals surface area contributed by atoms with E-state index in [0.29, 0.717) is 11.3 Å². The molecule has 30 heavy (non-hydrogen) atoms. The molecule has 0 fully saturated rings. The summed E-state index contributed by atoms with van der Waals surface area (Å²) in [6.45, 7) is 1.87. The Bertz CT molecular complexity index is 1070. The molecule has 0 aliphatic carbocycles. The van der Waals surface area contributed by atoms with Gasteiger partial charge in [0.2, 0.25) is 0 Å². The number of carbonyl (C=O) groups is 2. The van der Waals surface area contributed by atoms with Crippen LogP contribution in [0.4, 0.5) is 5.69 Å². The molecule has 7 heteroatoms. The van der Waals surface area contributed by atoms with Crippen LogP contribution in [0.25, 0.3) is 0 Å². The first-order valence-electron chi connectivity index (χ1n) is 9.18. The van der Waals surface area contributed by atoms with E-state index in [0.717, 1.165) is 21.3 Å². The van der Waals surface area contributed by atoms with Crippen LogP contribution < -0.4 is 15.5 Å². The van der Waals surface area contributed by atoms with Crippen LogP contribution in [0.2, 0.25) is 0 Å². The van der Waals surface area contributed by atoms with Crippen molar-refractivity contribution in [3.8, 4) is 5.75 Å². The van der Waals surface area contributed by atoms with Crippen molar-refractivity contribution >= 4 is 39.6 Å². The van der Waals surface area contributed by atoms with Crippen molar-refractivity contribution in [2.75, 3.05) is 11.9 Å². The van der Waals surface area contributed by atoms with E-state index >= 15 is 0 Å². The molecule has 0 atom stereocenters. The highest BCUT2D eigenvalue weighted by Crippen LogP contribution is 2.13. The summed E-state index contributed by atoms with van der Waals surface area (Å²) in [5.74, 6) is 0.0262. The lowest BCUT2D eigenvalue weighted by Gasteiger charge is -2.08. The fourth-order valence-corrected chi connectivity index (χ4v) is 2.98. The van der Waals surface area contributed by atoms with Crippen LogP contribution >= 0.6 is 15.9 Å². The first-order valence-corrected chi connectivity index (χ1v) is 9.97. The molecule has 2 N–H and O–H groups in total. The van der Waals surface area contributed by atoms with Gasteiger partial charge in [0.1, 0.15) is 5.75 Å². The molecule has 0 spiro atoms. The van der Waals surface area contributed by atoms with Gasteiger partial charge in [0, 0.05) is 15.7 Å². The Labute approximate surface area is 183 Å². The number of hydrazone groups is 1. The number of hydrogen-bond acceptors (Lipinski definition) is 4. The molecule has 0 unspecified atom stereocenters. The number of benzene rings is 3. The van der Waals surface area contributed by atoms with Gasteiger partial charge in [-0.3, -0.25) is 9.59 Å². The minimum atomic E-state index is -0.299. The number of halogens is 1. The quantitative estimate of drug-likeness (QED) is 0.397. The molecule has 0 radical (unpaired) electrons. The predicted octanol–water partition coefficient (Wildman–Crippen LogP) is 4.54. The average Bonchev–Trinajstić information content (AvgIpc) is 2.73. The number of hydrogen-bond donors (Lipinski definition) is 2. The number of rotatable bonds is 7. The van der Waals surface area contributed by atoms with E-state index < -0.39 is 0 Å². The highest BCUT2D eigenvalue weighted by atomic mass is 79.9.